The minimum Gasteiger partial charge on any atom is -0.480 e. The minimum absolute atomic E-state index is 0.119. The van der Waals surface area contributed by atoms with E-state index in [0.717, 1.165) is 18.4 Å². The summed E-state index contributed by atoms with van der Waals surface area (Å²) < 4.78 is 0. The second-order valence-electron chi connectivity index (χ2n) is 6.93. The number of hydrogen-bond acceptors (Lipinski definition) is 2. The standard InChI is InChI=1S/C20H28N2O2/c1-2-3-4-5-6-7-12-17-19-15(13-18(21-17)20(23)24)14-10-8-9-11-16(14)22-19/h8-11,17-18,21-22H,2-7,12-13H2,1H3,(H,23,24)/t17-,18+/m0/s1. The van der Waals surface area contributed by atoms with Gasteiger partial charge in [-0.2, -0.15) is 0 Å². The smallest absolute Gasteiger partial charge is 0.321 e. The van der Waals surface area contributed by atoms with Crippen molar-refractivity contribution in [3.63, 3.8) is 0 Å². The summed E-state index contributed by atoms with van der Waals surface area (Å²) in [5, 5.41) is 14.0. The molecule has 130 valence electrons. The maximum absolute atomic E-state index is 11.5. The third kappa shape index (κ3) is 3.64. The van der Waals surface area contributed by atoms with Crippen molar-refractivity contribution in [2.75, 3.05) is 0 Å². The minimum atomic E-state index is -0.751. The van der Waals surface area contributed by atoms with Crippen molar-refractivity contribution in [2.24, 2.45) is 0 Å². The van der Waals surface area contributed by atoms with Crippen LogP contribution in [0.2, 0.25) is 0 Å². The van der Waals surface area contributed by atoms with Gasteiger partial charge in [-0.25, -0.2) is 0 Å². The van der Waals surface area contributed by atoms with Crippen molar-refractivity contribution >= 4 is 16.9 Å². The number of benzene rings is 1. The van der Waals surface area contributed by atoms with E-state index >= 15 is 0 Å². The van der Waals surface area contributed by atoms with E-state index in [4.69, 9.17) is 0 Å². The molecule has 1 aliphatic heterocycles. The van der Waals surface area contributed by atoms with Gasteiger partial charge in [0.1, 0.15) is 6.04 Å². The van der Waals surface area contributed by atoms with Crippen LogP contribution in [-0.4, -0.2) is 22.1 Å². The maximum atomic E-state index is 11.5. The number of aliphatic carboxylic acids is 1. The third-order valence-corrected chi connectivity index (χ3v) is 5.15. The van der Waals surface area contributed by atoms with Crippen molar-refractivity contribution in [1.29, 1.82) is 0 Å². The van der Waals surface area contributed by atoms with E-state index in [0.29, 0.717) is 6.42 Å². The van der Waals surface area contributed by atoms with E-state index in [9.17, 15) is 9.90 Å². The van der Waals surface area contributed by atoms with Gasteiger partial charge in [0.2, 0.25) is 0 Å². The fourth-order valence-electron chi connectivity index (χ4n) is 3.84. The number of hydrogen-bond donors (Lipinski definition) is 3. The summed E-state index contributed by atoms with van der Waals surface area (Å²) in [6.45, 7) is 2.23. The lowest BCUT2D eigenvalue weighted by Gasteiger charge is -2.29. The largest absolute Gasteiger partial charge is 0.480 e. The summed E-state index contributed by atoms with van der Waals surface area (Å²) >= 11 is 0. The zero-order chi connectivity index (χ0) is 16.9. The number of carbonyl (C=O) groups is 1. The zero-order valence-electron chi connectivity index (χ0n) is 14.5. The van der Waals surface area contributed by atoms with Crippen LogP contribution in [0.5, 0.6) is 0 Å². The van der Waals surface area contributed by atoms with E-state index in [1.807, 2.05) is 12.1 Å². The first-order chi connectivity index (χ1) is 11.7. The first-order valence-corrected chi connectivity index (χ1v) is 9.29. The number of H-pyrrole nitrogens is 1. The summed E-state index contributed by atoms with van der Waals surface area (Å²) in [4.78, 5) is 15.1. The van der Waals surface area contributed by atoms with Gasteiger partial charge in [0.05, 0.1) is 0 Å². The number of para-hydroxylation sites is 1. The maximum Gasteiger partial charge on any atom is 0.321 e. The first kappa shape index (κ1) is 17.0. The molecule has 0 saturated carbocycles. The summed E-state index contributed by atoms with van der Waals surface area (Å²) in [6.07, 6.45) is 9.09. The number of carboxylic acid groups (broad SMARTS) is 1. The molecule has 0 radical (unpaired) electrons. The SMILES string of the molecule is CCCCCCCC[C@@H]1N[C@@H](C(=O)O)Cc2c1[nH]c1ccccc21. The first-order valence-electron chi connectivity index (χ1n) is 9.29. The van der Waals surface area contributed by atoms with Gasteiger partial charge in [0, 0.05) is 29.1 Å². The van der Waals surface area contributed by atoms with Gasteiger partial charge >= 0.3 is 5.97 Å². The van der Waals surface area contributed by atoms with Gasteiger partial charge in [-0.15, -0.1) is 0 Å². The Morgan fingerprint density at radius 3 is 2.71 bits per heavy atom. The van der Waals surface area contributed by atoms with Crippen LogP contribution in [-0.2, 0) is 11.2 Å². The Morgan fingerprint density at radius 1 is 1.17 bits per heavy atom. The lowest BCUT2D eigenvalue weighted by atomic mass is 9.91. The molecule has 3 rings (SSSR count). The molecule has 1 aromatic carbocycles. The van der Waals surface area contributed by atoms with Gasteiger partial charge in [0.25, 0.3) is 0 Å². The Hall–Kier alpha value is -1.81. The fourth-order valence-corrected chi connectivity index (χ4v) is 3.84. The highest BCUT2D eigenvalue weighted by Crippen LogP contribution is 2.34. The van der Waals surface area contributed by atoms with Crippen LogP contribution in [0.15, 0.2) is 24.3 Å². The summed E-state index contributed by atoms with van der Waals surface area (Å²) in [5.74, 6) is -0.751. The highest BCUT2D eigenvalue weighted by Gasteiger charge is 2.32. The number of fused-ring (bicyclic) bond motifs is 3. The van der Waals surface area contributed by atoms with E-state index < -0.39 is 12.0 Å². The highest BCUT2D eigenvalue weighted by atomic mass is 16.4. The second-order valence-corrected chi connectivity index (χ2v) is 6.93. The monoisotopic (exact) mass is 328 g/mol. The molecule has 0 unspecified atom stereocenters. The van der Waals surface area contributed by atoms with Crippen molar-refractivity contribution < 1.29 is 9.90 Å². The summed E-state index contributed by atoms with van der Waals surface area (Å²) in [5.41, 5.74) is 3.50. The summed E-state index contributed by atoms with van der Waals surface area (Å²) in [6, 6.07) is 7.85. The molecule has 0 saturated heterocycles. The molecule has 0 amide bonds. The highest BCUT2D eigenvalue weighted by molar-refractivity contribution is 5.86. The molecule has 1 aromatic heterocycles. The van der Waals surface area contributed by atoms with Gasteiger partial charge in [0.15, 0.2) is 0 Å². The lowest BCUT2D eigenvalue weighted by molar-refractivity contribution is -0.139. The molecule has 0 spiro atoms. The van der Waals surface area contributed by atoms with Crippen LogP contribution < -0.4 is 5.32 Å². The molecule has 0 fully saturated rings. The number of unbranched alkanes of at least 4 members (excludes halogenated alkanes) is 5. The number of nitrogens with one attached hydrogen (secondary N) is 2. The molecule has 1 aliphatic rings. The molecular weight excluding hydrogens is 300 g/mol. The van der Waals surface area contributed by atoms with Crippen molar-refractivity contribution in [1.82, 2.24) is 10.3 Å². The molecule has 2 aromatic rings. The second kappa shape index (κ2) is 7.84. The van der Waals surface area contributed by atoms with Crippen molar-refractivity contribution in [3.8, 4) is 0 Å². The van der Waals surface area contributed by atoms with Crippen LogP contribution in [0.1, 0.15) is 69.2 Å². The molecule has 3 N–H and O–H groups in total. The van der Waals surface area contributed by atoms with Crippen molar-refractivity contribution in [2.45, 2.75) is 70.4 Å². The molecule has 4 heteroatoms. The van der Waals surface area contributed by atoms with Crippen LogP contribution in [0.4, 0.5) is 0 Å². The lowest BCUT2D eigenvalue weighted by Crippen LogP contribution is -2.44. The van der Waals surface area contributed by atoms with Gasteiger partial charge in [-0.3, -0.25) is 10.1 Å². The van der Waals surface area contributed by atoms with Crippen LogP contribution in [0.3, 0.4) is 0 Å². The third-order valence-electron chi connectivity index (χ3n) is 5.15. The predicted molar refractivity (Wildman–Crippen MR) is 97.3 cm³/mol. The number of aromatic nitrogens is 1. The molecule has 0 bridgehead atoms. The fraction of sp³-hybridized carbons (Fsp3) is 0.550. The number of aromatic amines is 1. The Bertz CT molecular complexity index is 692. The predicted octanol–water partition coefficient (Wildman–Crippen LogP) is 4.56. The number of rotatable bonds is 8. The Labute approximate surface area is 143 Å². The van der Waals surface area contributed by atoms with Gasteiger partial charge < -0.3 is 10.1 Å². The van der Waals surface area contributed by atoms with Gasteiger partial charge in [-0.05, 0) is 18.1 Å². The zero-order valence-corrected chi connectivity index (χ0v) is 14.5. The van der Waals surface area contributed by atoms with Crippen molar-refractivity contribution in [3.05, 3.63) is 35.5 Å². The average molecular weight is 328 g/mol. The van der Waals surface area contributed by atoms with E-state index in [1.165, 1.54) is 48.7 Å². The molecular formula is C20H28N2O2. The molecule has 24 heavy (non-hydrogen) atoms. The molecule has 4 nitrogen and oxygen atoms in total. The number of carboxylic acids is 1. The van der Waals surface area contributed by atoms with Crippen LogP contribution in [0.25, 0.3) is 10.9 Å². The molecule has 2 heterocycles. The van der Waals surface area contributed by atoms with E-state index in [1.54, 1.807) is 0 Å². The Balaban J connectivity index is 1.73. The summed E-state index contributed by atoms with van der Waals surface area (Å²) in [7, 11) is 0. The quantitative estimate of drug-likeness (QED) is 0.622. The van der Waals surface area contributed by atoms with Crippen LogP contribution >= 0.6 is 0 Å². The Kier molecular flexibility index (Phi) is 5.56. The van der Waals surface area contributed by atoms with Gasteiger partial charge in [-0.1, -0.05) is 63.6 Å². The molecule has 2 atom stereocenters. The topological polar surface area (TPSA) is 65.1 Å². The molecule has 0 aliphatic carbocycles. The van der Waals surface area contributed by atoms with Crippen LogP contribution in [0, 0.1) is 0 Å². The normalized spacial score (nSPS) is 20.2. The average Bonchev–Trinajstić information content (AvgIpc) is 2.96. The van der Waals surface area contributed by atoms with E-state index in [2.05, 4.69) is 29.4 Å². The Morgan fingerprint density at radius 2 is 1.92 bits per heavy atom. The van der Waals surface area contributed by atoms with E-state index in [-0.39, 0.29) is 6.04 Å².